The van der Waals surface area contributed by atoms with E-state index in [-0.39, 0.29) is 11.3 Å². The quantitative estimate of drug-likeness (QED) is 0.817. The summed E-state index contributed by atoms with van der Waals surface area (Å²) in [5.74, 6) is 0.179. The largest absolute Gasteiger partial charge is 0.354 e. The molecule has 3 nitrogen and oxygen atoms in total. The van der Waals surface area contributed by atoms with E-state index in [4.69, 9.17) is 0 Å². The summed E-state index contributed by atoms with van der Waals surface area (Å²) in [6.45, 7) is 1.49. The molecule has 1 aliphatic carbocycles. The van der Waals surface area contributed by atoms with Crippen LogP contribution >= 0.6 is 15.9 Å². The lowest BCUT2D eigenvalue weighted by atomic mass is 9.78. The topological polar surface area (TPSA) is 41.1 Å². The summed E-state index contributed by atoms with van der Waals surface area (Å²) in [4.78, 5) is 12.6. The first kappa shape index (κ1) is 14.5. The third kappa shape index (κ3) is 3.18. The minimum Gasteiger partial charge on any atom is -0.354 e. The predicted molar refractivity (Wildman–Crippen MR) is 81.2 cm³/mol. The number of carbonyl (C=O) groups is 1. The minimum atomic E-state index is -0.322. The molecule has 0 unspecified atom stereocenters. The molecule has 19 heavy (non-hydrogen) atoms. The average molecular weight is 325 g/mol. The van der Waals surface area contributed by atoms with Crippen LogP contribution in [-0.4, -0.2) is 26.0 Å². The van der Waals surface area contributed by atoms with Crippen molar-refractivity contribution in [3.8, 4) is 0 Å². The summed E-state index contributed by atoms with van der Waals surface area (Å²) in [6, 6.07) is 8.18. The van der Waals surface area contributed by atoms with Crippen LogP contribution in [0.25, 0.3) is 0 Å². The van der Waals surface area contributed by atoms with Gasteiger partial charge in [0.1, 0.15) is 0 Å². The molecule has 1 aliphatic rings. The van der Waals surface area contributed by atoms with Gasteiger partial charge >= 0.3 is 0 Å². The van der Waals surface area contributed by atoms with Crippen LogP contribution in [0.1, 0.15) is 31.2 Å². The van der Waals surface area contributed by atoms with E-state index in [1.807, 2.05) is 19.2 Å². The molecule has 1 aromatic carbocycles. The number of rotatable bonds is 5. The Kier molecular flexibility index (Phi) is 4.99. The molecule has 0 spiro atoms. The van der Waals surface area contributed by atoms with Crippen molar-refractivity contribution in [2.45, 2.75) is 31.1 Å². The Bertz CT molecular complexity index is 442. The van der Waals surface area contributed by atoms with Crippen LogP contribution in [0, 0.1) is 0 Å². The normalized spacial score (nSPS) is 17.4. The lowest BCUT2D eigenvalue weighted by Gasteiger charge is -2.28. The molecule has 0 bridgehead atoms. The zero-order valence-electron chi connectivity index (χ0n) is 11.3. The van der Waals surface area contributed by atoms with Crippen molar-refractivity contribution in [1.29, 1.82) is 0 Å². The van der Waals surface area contributed by atoms with Crippen molar-refractivity contribution in [3.63, 3.8) is 0 Å². The molecular weight excluding hydrogens is 304 g/mol. The number of carbonyl (C=O) groups excluding carboxylic acids is 1. The summed E-state index contributed by atoms with van der Waals surface area (Å²) in [7, 11) is 1.89. The van der Waals surface area contributed by atoms with Gasteiger partial charge in [-0.1, -0.05) is 40.9 Å². The fourth-order valence-electron chi connectivity index (χ4n) is 2.88. The summed E-state index contributed by atoms with van der Waals surface area (Å²) in [6.07, 6.45) is 4.17. The van der Waals surface area contributed by atoms with Crippen molar-refractivity contribution >= 4 is 21.8 Å². The van der Waals surface area contributed by atoms with Crippen molar-refractivity contribution in [1.82, 2.24) is 10.6 Å². The standard InChI is InChI=1S/C15H21BrN2O/c1-17-9-10-18-14(19)15(7-2-3-8-15)12-5-4-6-13(16)11-12/h4-6,11,17H,2-3,7-10H2,1H3,(H,18,19). The second-order valence-corrected chi connectivity index (χ2v) is 6.07. The van der Waals surface area contributed by atoms with Crippen molar-refractivity contribution in [2.24, 2.45) is 0 Å². The van der Waals surface area contributed by atoms with E-state index in [2.05, 4.69) is 38.7 Å². The van der Waals surface area contributed by atoms with Crippen LogP contribution in [0.15, 0.2) is 28.7 Å². The second kappa shape index (κ2) is 6.53. The van der Waals surface area contributed by atoms with Gasteiger partial charge in [0.05, 0.1) is 5.41 Å². The fraction of sp³-hybridized carbons (Fsp3) is 0.533. The molecule has 4 heteroatoms. The molecule has 0 saturated heterocycles. The number of halogens is 1. The van der Waals surface area contributed by atoms with Gasteiger partial charge < -0.3 is 10.6 Å². The fourth-order valence-corrected chi connectivity index (χ4v) is 3.28. The molecule has 0 heterocycles. The van der Waals surface area contributed by atoms with Crippen molar-refractivity contribution in [2.75, 3.05) is 20.1 Å². The molecule has 2 rings (SSSR count). The van der Waals surface area contributed by atoms with Gasteiger partial charge in [-0.15, -0.1) is 0 Å². The first-order valence-corrected chi connectivity index (χ1v) is 7.67. The van der Waals surface area contributed by atoms with Gasteiger partial charge in [-0.2, -0.15) is 0 Å². The van der Waals surface area contributed by atoms with Crippen molar-refractivity contribution in [3.05, 3.63) is 34.3 Å². The maximum Gasteiger partial charge on any atom is 0.230 e. The van der Waals surface area contributed by atoms with Gasteiger partial charge in [-0.05, 0) is 37.6 Å². The molecule has 1 saturated carbocycles. The maximum absolute atomic E-state index is 12.6. The number of amides is 1. The van der Waals surface area contributed by atoms with Gasteiger partial charge in [0.2, 0.25) is 5.91 Å². The maximum atomic E-state index is 12.6. The monoisotopic (exact) mass is 324 g/mol. The van der Waals surface area contributed by atoms with Crippen LogP contribution < -0.4 is 10.6 Å². The summed E-state index contributed by atoms with van der Waals surface area (Å²) in [5.41, 5.74) is 0.818. The van der Waals surface area contributed by atoms with E-state index in [1.165, 1.54) is 0 Å². The first-order chi connectivity index (χ1) is 9.19. The van der Waals surface area contributed by atoms with Crippen LogP contribution in [0.2, 0.25) is 0 Å². The van der Waals surface area contributed by atoms with E-state index in [0.29, 0.717) is 6.54 Å². The Morgan fingerprint density at radius 3 is 2.68 bits per heavy atom. The summed E-state index contributed by atoms with van der Waals surface area (Å²) < 4.78 is 1.04. The molecule has 2 N–H and O–H groups in total. The Balaban J connectivity index is 2.20. The minimum absolute atomic E-state index is 0.179. The van der Waals surface area contributed by atoms with E-state index < -0.39 is 0 Å². The highest BCUT2D eigenvalue weighted by atomic mass is 79.9. The molecular formula is C15H21BrN2O. The molecule has 1 fully saturated rings. The van der Waals surface area contributed by atoms with Crippen LogP contribution in [-0.2, 0) is 10.2 Å². The highest BCUT2D eigenvalue weighted by Gasteiger charge is 2.42. The molecule has 0 radical (unpaired) electrons. The van der Waals surface area contributed by atoms with E-state index in [0.717, 1.165) is 42.3 Å². The van der Waals surface area contributed by atoms with Crippen LogP contribution in [0.5, 0.6) is 0 Å². The molecule has 1 aromatic rings. The molecule has 0 aliphatic heterocycles. The number of nitrogens with one attached hydrogen (secondary N) is 2. The van der Waals surface area contributed by atoms with Gasteiger partial charge in [0.25, 0.3) is 0 Å². The number of hydrogen-bond acceptors (Lipinski definition) is 2. The Morgan fingerprint density at radius 1 is 1.32 bits per heavy atom. The van der Waals surface area contributed by atoms with E-state index in [9.17, 15) is 4.79 Å². The molecule has 1 amide bonds. The molecule has 104 valence electrons. The molecule has 0 aromatic heterocycles. The number of benzene rings is 1. The number of likely N-dealkylation sites (N-methyl/N-ethyl adjacent to an activating group) is 1. The number of hydrogen-bond donors (Lipinski definition) is 2. The second-order valence-electron chi connectivity index (χ2n) is 5.16. The zero-order chi connectivity index (χ0) is 13.7. The highest BCUT2D eigenvalue weighted by Crippen LogP contribution is 2.41. The van der Waals surface area contributed by atoms with Crippen LogP contribution in [0.4, 0.5) is 0 Å². The van der Waals surface area contributed by atoms with Gasteiger partial charge in [-0.3, -0.25) is 4.79 Å². The first-order valence-electron chi connectivity index (χ1n) is 6.88. The zero-order valence-corrected chi connectivity index (χ0v) is 12.9. The predicted octanol–water partition coefficient (Wildman–Crippen LogP) is 2.60. The lowest BCUT2D eigenvalue weighted by Crippen LogP contribution is -2.44. The smallest absolute Gasteiger partial charge is 0.230 e. The molecule has 0 atom stereocenters. The van der Waals surface area contributed by atoms with Crippen molar-refractivity contribution < 1.29 is 4.79 Å². The Morgan fingerprint density at radius 2 is 2.05 bits per heavy atom. The Hall–Kier alpha value is -0.870. The summed E-state index contributed by atoms with van der Waals surface area (Å²) >= 11 is 3.50. The Labute approximate surface area is 123 Å². The van der Waals surface area contributed by atoms with E-state index in [1.54, 1.807) is 0 Å². The van der Waals surface area contributed by atoms with E-state index >= 15 is 0 Å². The van der Waals surface area contributed by atoms with Gasteiger partial charge in [0.15, 0.2) is 0 Å². The third-order valence-electron chi connectivity index (χ3n) is 3.93. The lowest BCUT2D eigenvalue weighted by molar-refractivity contribution is -0.126. The van der Waals surface area contributed by atoms with Gasteiger partial charge in [-0.25, -0.2) is 0 Å². The van der Waals surface area contributed by atoms with Gasteiger partial charge in [0, 0.05) is 17.6 Å². The average Bonchev–Trinajstić information content (AvgIpc) is 2.89. The highest BCUT2D eigenvalue weighted by molar-refractivity contribution is 9.10. The van der Waals surface area contributed by atoms with Crippen LogP contribution in [0.3, 0.4) is 0 Å². The third-order valence-corrected chi connectivity index (χ3v) is 4.42. The SMILES string of the molecule is CNCCNC(=O)C1(c2cccc(Br)c2)CCCC1. The summed E-state index contributed by atoms with van der Waals surface area (Å²) in [5, 5.41) is 6.12.